The van der Waals surface area contributed by atoms with Gasteiger partial charge in [-0.25, -0.2) is 4.52 Å². The number of alkyl halides is 1. The zero-order valence-corrected chi connectivity index (χ0v) is 11.9. The second kappa shape index (κ2) is 5.93. The third-order valence-electron chi connectivity index (χ3n) is 3.23. The van der Waals surface area contributed by atoms with E-state index in [1.54, 1.807) is 23.1 Å². The summed E-state index contributed by atoms with van der Waals surface area (Å²) in [5, 5.41) is 7.05. The highest BCUT2D eigenvalue weighted by molar-refractivity contribution is 6.18. The quantitative estimate of drug-likeness (QED) is 0.753. The summed E-state index contributed by atoms with van der Waals surface area (Å²) in [7, 11) is 0. The highest BCUT2D eigenvalue weighted by Gasteiger charge is 2.17. The summed E-state index contributed by atoms with van der Waals surface area (Å²) in [6.45, 7) is 0. The molecule has 0 aliphatic heterocycles. The molecule has 0 aliphatic carbocycles. The number of hydrogen-bond acceptors (Lipinski definition) is 3. The number of fused-ring (bicyclic) bond motifs is 1. The van der Waals surface area contributed by atoms with Crippen molar-refractivity contribution in [2.75, 3.05) is 5.88 Å². The van der Waals surface area contributed by atoms with Crippen LogP contribution in [-0.4, -0.2) is 26.4 Å². The molecule has 2 heterocycles. The van der Waals surface area contributed by atoms with E-state index in [0.717, 1.165) is 5.56 Å². The molecule has 0 aliphatic rings. The predicted octanol–water partition coefficient (Wildman–Crippen LogP) is 2.44. The molecule has 0 saturated carbocycles. The number of nitrogens with zero attached hydrogens (tertiary/aromatic N) is 3. The Morgan fingerprint density at radius 1 is 1.29 bits per heavy atom. The van der Waals surface area contributed by atoms with Crippen molar-refractivity contribution in [2.45, 2.75) is 6.04 Å². The van der Waals surface area contributed by atoms with E-state index in [4.69, 9.17) is 11.6 Å². The molecule has 1 amide bonds. The number of nitrogens with one attached hydrogen (secondary N) is 1. The maximum Gasteiger partial charge on any atom is 0.255 e. The van der Waals surface area contributed by atoms with Gasteiger partial charge in [0.15, 0.2) is 0 Å². The fourth-order valence-corrected chi connectivity index (χ4v) is 2.40. The fraction of sp³-hybridized carbons (Fsp3) is 0.133. The van der Waals surface area contributed by atoms with Gasteiger partial charge in [0.05, 0.1) is 29.5 Å². The molecule has 1 aromatic carbocycles. The Hall–Kier alpha value is -2.40. The number of halogens is 1. The largest absolute Gasteiger partial charge is 0.344 e. The summed E-state index contributed by atoms with van der Waals surface area (Å²) in [5.74, 6) is 0.0836. The van der Waals surface area contributed by atoms with Crippen molar-refractivity contribution in [3.05, 3.63) is 66.2 Å². The molecule has 21 heavy (non-hydrogen) atoms. The number of rotatable bonds is 4. The molecule has 106 valence electrons. The van der Waals surface area contributed by atoms with Crippen LogP contribution in [0, 0.1) is 0 Å². The van der Waals surface area contributed by atoms with Gasteiger partial charge in [0, 0.05) is 18.3 Å². The van der Waals surface area contributed by atoms with E-state index in [0.29, 0.717) is 17.0 Å². The van der Waals surface area contributed by atoms with Crippen molar-refractivity contribution in [3.63, 3.8) is 0 Å². The van der Waals surface area contributed by atoms with Crippen LogP contribution in [0.1, 0.15) is 22.0 Å². The van der Waals surface area contributed by atoms with Crippen LogP contribution in [0.25, 0.3) is 5.52 Å². The first-order valence-electron chi connectivity index (χ1n) is 6.48. The van der Waals surface area contributed by atoms with Gasteiger partial charge in [0.1, 0.15) is 0 Å². The number of amides is 1. The third kappa shape index (κ3) is 2.73. The molecular formula is C15H13ClN4O. The van der Waals surface area contributed by atoms with Gasteiger partial charge in [-0.3, -0.25) is 9.78 Å². The maximum absolute atomic E-state index is 12.4. The standard InChI is InChI=1S/C15H13ClN4O/c16-8-13(11-4-2-1-3-5-11)19-15(21)12-9-18-20-7-6-17-10-14(12)20/h1-7,9-10,13H,8H2,(H,19,21). The second-order valence-electron chi connectivity index (χ2n) is 4.56. The SMILES string of the molecule is O=C(NC(CCl)c1ccccc1)c1cnn2ccncc12. The predicted molar refractivity (Wildman–Crippen MR) is 80.4 cm³/mol. The van der Waals surface area contributed by atoms with Gasteiger partial charge in [0.2, 0.25) is 0 Å². The van der Waals surface area contributed by atoms with Gasteiger partial charge >= 0.3 is 0 Å². The van der Waals surface area contributed by atoms with Crippen molar-refractivity contribution in [3.8, 4) is 0 Å². The van der Waals surface area contributed by atoms with Gasteiger partial charge in [0.25, 0.3) is 5.91 Å². The number of carbonyl (C=O) groups is 1. The molecule has 3 rings (SSSR count). The lowest BCUT2D eigenvalue weighted by Gasteiger charge is -2.16. The highest BCUT2D eigenvalue weighted by atomic mass is 35.5. The van der Waals surface area contributed by atoms with E-state index in [1.807, 2.05) is 30.3 Å². The highest BCUT2D eigenvalue weighted by Crippen LogP contribution is 2.16. The lowest BCUT2D eigenvalue weighted by molar-refractivity contribution is 0.0942. The fourth-order valence-electron chi connectivity index (χ4n) is 2.14. The first-order valence-corrected chi connectivity index (χ1v) is 7.02. The van der Waals surface area contributed by atoms with Crippen LogP contribution in [0.15, 0.2) is 55.1 Å². The summed E-state index contributed by atoms with van der Waals surface area (Å²) in [6, 6.07) is 9.39. The zero-order chi connectivity index (χ0) is 14.7. The smallest absolute Gasteiger partial charge is 0.255 e. The molecule has 0 fully saturated rings. The molecule has 1 N–H and O–H groups in total. The van der Waals surface area contributed by atoms with E-state index >= 15 is 0 Å². The van der Waals surface area contributed by atoms with Gasteiger partial charge in [-0.2, -0.15) is 5.10 Å². The van der Waals surface area contributed by atoms with Crippen LogP contribution in [0.3, 0.4) is 0 Å². The Balaban J connectivity index is 1.85. The summed E-state index contributed by atoms with van der Waals surface area (Å²) >= 11 is 5.98. The molecule has 0 bridgehead atoms. The number of aromatic nitrogens is 3. The summed E-state index contributed by atoms with van der Waals surface area (Å²) in [4.78, 5) is 16.4. The second-order valence-corrected chi connectivity index (χ2v) is 4.86. The summed E-state index contributed by atoms with van der Waals surface area (Å²) in [5.41, 5.74) is 2.11. The van der Waals surface area contributed by atoms with Crippen molar-refractivity contribution in [1.29, 1.82) is 0 Å². The van der Waals surface area contributed by atoms with Gasteiger partial charge in [-0.1, -0.05) is 30.3 Å². The van der Waals surface area contributed by atoms with Gasteiger partial charge < -0.3 is 5.32 Å². The minimum Gasteiger partial charge on any atom is -0.344 e. The molecule has 0 radical (unpaired) electrons. The molecule has 3 aromatic rings. The van der Waals surface area contributed by atoms with Crippen LogP contribution >= 0.6 is 11.6 Å². The molecule has 5 nitrogen and oxygen atoms in total. The van der Waals surface area contributed by atoms with E-state index in [2.05, 4.69) is 15.4 Å². The zero-order valence-electron chi connectivity index (χ0n) is 11.1. The van der Waals surface area contributed by atoms with Crippen LogP contribution in [0.2, 0.25) is 0 Å². The normalized spacial score (nSPS) is 12.2. The molecule has 1 unspecified atom stereocenters. The average Bonchev–Trinajstić information content (AvgIpc) is 2.97. The average molecular weight is 301 g/mol. The van der Waals surface area contributed by atoms with Gasteiger partial charge in [-0.15, -0.1) is 11.6 Å². The van der Waals surface area contributed by atoms with Crippen LogP contribution in [0.4, 0.5) is 0 Å². The maximum atomic E-state index is 12.4. The number of carbonyl (C=O) groups excluding carboxylic acids is 1. The lowest BCUT2D eigenvalue weighted by Crippen LogP contribution is -2.29. The number of hydrogen-bond donors (Lipinski definition) is 1. The molecule has 2 aromatic heterocycles. The number of benzene rings is 1. The van der Waals surface area contributed by atoms with Crippen molar-refractivity contribution >= 4 is 23.0 Å². The molecule has 0 spiro atoms. The van der Waals surface area contributed by atoms with Crippen molar-refractivity contribution < 1.29 is 4.79 Å². The molecule has 0 saturated heterocycles. The van der Waals surface area contributed by atoms with Crippen LogP contribution < -0.4 is 5.32 Å². The summed E-state index contributed by atoms with van der Waals surface area (Å²) < 4.78 is 1.61. The first kappa shape index (κ1) is 13.6. The Morgan fingerprint density at radius 2 is 2.10 bits per heavy atom. The minimum absolute atomic E-state index is 0.215. The minimum atomic E-state index is -0.244. The Kier molecular flexibility index (Phi) is 3.83. The van der Waals surface area contributed by atoms with Crippen molar-refractivity contribution in [2.24, 2.45) is 0 Å². The van der Waals surface area contributed by atoms with Crippen LogP contribution in [0.5, 0.6) is 0 Å². The Labute approximate surface area is 126 Å². The van der Waals surface area contributed by atoms with E-state index < -0.39 is 0 Å². The van der Waals surface area contributed by atoms with E-state index in [1.165, 1.54) is 6.20 Å². The van der Waals surface area contributed by atoms with Gasteiger partial charge in [-0.05, 0) is 5.56 Å². The van der Waals surface area contributed by atoms with E-state index in [-0.39, 0.29) is 11.9 Å². The Bertz CT molecular complexity index is 756. The topological polar surface area (TPSA) is 59.3 Å². The Morgan fingerprint density at radius 3 is 2.86 bits per heavy atom. The lowest BCUT2D eigenvalue weighted by atomic mass is 10.1. The third-order valence-corrected chi connectivity index (χ3v) is 3.54. The molecule has 1 atom stereocenters. The molecule has 6 heteroatoms. The summed E-state index contributed by atoms with van der Waals surface area (Å²) in [6.07, 6.45) is 6.46. The van der Waals surface area contributed by atoms with Crippen LogP contribution in [-0.2, 0) is 0 Å². The first-order chi connectivity index (χ1) is 10.3. The monoisotopic (exact) mass is 300 g/mol. The van der Waals surface area contributed by atoms with E-state index in [9.17, 15) is 4.79 Å². The molecular weight excluding hydrogens is 288 g/mol. The van der Waals surface area contributed by atoms with Crippen molar-refractivity contribution in [1.82, 2.24) is 19.9 Å².